The summed E-state index contributed by atoms with van der Waals surface area (Å²) in [5.74, 6) is 0.409. The summed E-state index contributed by atoms with van der Waals surface area (Å²) in [4.78, 5) is 12.8. The number of aryl methyl sites for hydroxylation is 2. The average Bonchev–Trinajstić information content (AvgIpc) is 2.83. The maximum Gasteiger partial charge on any atom is 0.264 e. The molecule has 0 heterocycles. The number of nitrogens with zero attached hydrogens (tertiary/aromatic N) is 1. The Hall–Kier alpha value is -3.03. The molecule has 0 aliphatic carbocycles. The van der Waals surface area contributed by atoms with Crippen molar-refractivity contribution in [3.05, 3.63) is 88.9 Å². The summed E-state index contributed by atoms with van der Waals surface area (Å²) in [5, 5.41) is 3.22. The smallest absolute Gasteiger partial charge is 0.264 e. The fraction of sp³-hybridized carbons (Fsp3) is 0.240. The first-order chi connectivity index (χ1) is 15.8. The van der Waals surface area contributed by atoms with E-state index in [0.29, 0.717) is 22.8 Å². The van der Waals surface area contributed by atoms with E-state index < -0.39 is 10.0 Å². The van der Waals surface area contributed by atoms with Crippen molar-refractivity contribution in [2.45, 2.75) is 24.7 Å². The van der Waals surface area contributed by atoms with Gasteiger partial charge in [0.25, 0.3) is 10.0 Å². The molecule has 0 radical (unpaired) electrons. The fourth-order valence-electron chi connectivity index (χ4n) is 3.37. The van der Waals surface area contributed by atoms with Gasteiger partial charge in [-0.1, -0.05) is 48.0 Å². The number of benzene rings is 3. The molecule has 1 amide bonds. The molecule has 3 aromatic carbocycles. The zero-order chi connectivity index (χ0) is 23.8. The minimum Gasteiger partial charge on any atom is -0.497 e. The topological polar surface area (TPSA) is 75.7 Å². The molecule has 0 unspecified atom stereocenters. The lowest BCUT2D eigenvalue weighted by Crippen LogP contribution is -2.41. The Bertz CT molecular complexity index is 1180. The third-order valence-electron chi connectivity index (χ3n) is 5.18. The quantitative estimate of drug-likeness (QED) is 0.425. The van der Waals surface area contributed by atoms with Crippen LogP contribution >= 0.6 is 11.6 Å². The number of hydrogen-bond acceptors (Lipinski definition) is 4. The SMILES string of the molecule is COc1ccc(CCCNC(=O)CN(c2cc(Cl)ccc2C)S(=O)(=O)c2ccccc2)cc1. The highest BCUT2D eigenvalue weighted by Crippen LogP contribution is 2.29. The molecule has 1 N–H and O–H groups in total. The number of hydrogen-bond donors (Lipinski definition) is 1. The van der Waals surface area contributed by atoms with Crippen LogP contribution in [0.15, 0.2) is 77.7 Å². The van der Waals surface area contributed by atoms with E-state index in [0.717, 1.165) is 28.5 Å². The standard InChI is InChI=1S/C25H27ClN2O4S/c1-19-10-13-21(26)17-24(19)28(33(30,31)23-8-4-3-5-9-23)18-25(29)27-16-6-7-20-11-14-22(32-2)15-12-20/h3-5,8-15,17H,6-7,16,18H2,1-2H3,(H,27,29). The molecule has 174 valence electrons. The first-order valence-corrected chi connectivity index (χ1v) is 12.4. The highest BCUT2D eigenvalue weighted by Gasteiger charge is 2.28. The van der Waals surface area contributed by atoms with E-state index in [9.17, 15) is 13.2 Å². The van der Waals surface area contributed by atoms with Crippen LogP contribution in [-0.4, -0.2) is 34.5 Å². The lowest BCUT2D eigenvalue weighted by atomic mass is 10.1. The third kappa shape index (κ3) is 6.49. The molecule has 0 saturated heterocycles. The zero-order valence-electron chi connectivity index (χ0n) is 18.6. The van der Waals surface area contributed by atoms with Crippen LogP contribution in [0.2, 0.25) is 5.02 Å². The van der Waals surface area contributed by atoms with Crippen LogP contribution in [0.3, 0.4) is 0 Å². The van der Waals surface area contributed by atoms with Crippen molar-refractivity contribution in [2.75, 3.05) is 24.5 Å². The van der Waals surface area contributed by atoms with Gasteiger partial charge in [-0.25, -0.2) is 8.42 Å². The number of carbonyl (C=O) groups is 1. The number of amides is 1. The molecule has 0 bridgehead atoms. The molecule has 0 aliphatic heterocycles. The summed E-state index contributed by atoms with van der Waals surface area (Å²) in [7, 11) is -2.34. The monoisotopic (exact) mass is 486 g/mol. The normalized spacial score (nSPS) is 11.1. The lowest BCUT2D eigenvalue weighted by Gasteiger charge is -2.26. The van der Waals surface area contributed by atoms with Gasteiger partial charge < -0.3 is 10.1 Å². The summed E-state index contributed by atoms with van der Waals surface area (Å²) in [5.41, 5.74) is 2.21. The summed E-state index contributed by atoms with van der Waals surface area (Å²) in [6, 6.07) is 20.8. The van der Waals surface area contributed by atoms with Gasteiger partial charge in [-0.2, -0.15) is 0 Å². The maximum absolute atomic E-state index is 13.4. The van der Waals surface area contributed by atoms with Crippen LogP contribution in [-0.2, 0) is 21.2 Å². The van der Waals surface area contributed by atoms with Crippen LogP contribution in [0.4, 0.5) is 5.69 Å². The second kappa shape index (κ2) is 11.2. The number of carbonyl (C=O) groups excluding carboxylic acids is 1. The zero-order valence-corrected chi connectivity index (χ0v) is 20.2. The molecule has 0 spiro atoms. The number of rotatable bonds is 10. The Morgan fingerprint density at radius 1 is 1.03 bits per heavy atom. The summed E-state index contributed by atoms with van der Waals surface area (Å²) >= 11 is 6.14. The molecule has 3 rings (SSSR count). The van der Waals surface area contributed by atoms with Crippen molar-refractivity contribution in [1.29, 1.82) is 0 Å². The number of anilines is 1. The van der Waals surface area contributed by atoms with Gasteiger partial charge in [0, 0.05) is 11.6 Å². The highest BCUT2D eigenvalue weighted by molar-refractivity contribution is 7.92. The van der Waals surface area contributed by atoms with Crippen LogP contribution in [0.25, 0.3) is 0 Å². The van der Waals surface area contributed by atoms with Gasteiger partial charge in [0.2, 0.25) is 5.91 Å². The number of methoxy groups -OCH3 is 1. The molecule has 8 heteroatoms. The first kappa shape index (κ1) is 24.6. The van der Waals surface area contributed by atoms with Crippen molar-refractivity contribution in [3.8, 4) is 5.75 Å². The molecule has 0 saturated carbocycles. The second-order valence-corrected chi connectivity index (χ2v) is 9.86. The summed E-state index contributed by atoms with van der Waals surface area (Å²) < 4.78 is 33.1. The van der Waals surface area contributed by atoms with E-state index in [-0.39, 0.29) is 17.3 Å². The van der Waals surface area contributed by atoms with E-state index in [1.807, 2.05) is 24.3 Å². The summed E-state index contributed by atoms with van der Waals surface area (Å²) in [6.07, 6.45) is 1.50. The lowest BCUT2D eigenvalue weighted by molar-refractivity contribution is -0.119. The van der Waals surface area contributed by atoms with Crippen molar-refractivity contribution < 1.29 is 17.9 Å². The van der Waals surface area contributed by atoms with Gasteiger partial charge in [-0.05, 0) is 67.3 Å². The van der Waals surface area contributed by atoms with Gasteiger partial charge in [0.15, 0.2) is 0 Å². The Kier molecular flexibility index (Phi) is 8.36. The van der Waals surface area contributed by atoms with Gasteiger partial charge in [-0.3, -0.25) is 9.10 Å². The van der Waals surface area contributed by atoms with E-state index in [1.165, 1.54) is 12.1 Å². The predicted octanol–water partition coefficient (Wildman–Crippen LogP) is 4.60. The highest BCUT2D eigenvalue weighted by atomic mass is 35.5. The first-order valence-electron chi connectivity index (χ1n) is 10.5. The molecule has 3 aromatic rings. The molecule has 0 aromatic heterocycles. The number of nitrogens with one attached hydrogen (secondary N) is 1. The maximum atomic E-state index is 13.4. The van der Waals surface area contributed by atoms with Gasteiger partial charge >= 0.3 is 0 Å². The number of halogens is 1. The van der Waals surface area contributed by atoms with Crippen molar-refractivity contribution in [1.82, 2.24) is 5.32 Å². The van der Waals surface area contributed by atoms with Crippen molar-refractivity contribution in [2.24, 2.45) is 0 Å². The van der Waals surface area contributed by atoms with Crippen molar-refractivity contribution >= 4 is 33.2 Å². The Balaban J connectivity index is 1.70. The summed E-state index contributed by atoms with van der Waals surface area (Å²) in [6.45, 7) is 1.87. The Morgan fingerprint density at radius 2 is 1.73 bits per heavy atom. The van der Waals surface area contributed by atoms with Crippen molar-refractivity contribution in [3.63, 3.8) is 0 Å². The molecule has 33 heavy (non-hydrogen) atoms. The number of sulfonamides is 1. The van der Waals surface area contributed by atoms with Crippen LogP contribution in [0, 0.1) is 6.92 Å². The van der Waals surface area contributed by atoms with E-state index in [1.54, 1.807) is 50.4 Å². The fourth-order valence-corrected chi connectivity index (χ4v) is 5.03. The van der Waals surface area contributed by atoms with Gasteiger partial charge in [0.1, 0.15) is 12.3 Å². The minimum absolute atomic E-state index is 0.108. The molecule has 6 nitrogen and oxygen atoms in total. The largest absolute Gasteiger partial charge is 0.497 e. The minimum atomic E-state index is -3.97. The van der Waals surface area contributed by atoms with E-state index in [2.05, 4.69) is 5.32 Å². The molecular formula is C25H27ClN2O4S. The molecular weight excluding hydrogens is 460 g/mol. The van der Waals surface area contributed by atoms with Crippen LogP contribution in [0.5, 0.6) is 5.75 Å². The van der Waals surface area contributed by atoms with Crippen LogP contribution in [0.1, 0.15) is 17.5 Å². The van der Waals surface area contributed by atoms with Crippen LogP contribution < -0.4 is 14.4 Å². The number of ether oxygens (including phenoxy) is 1. The molecule has 0 fully saturated rings. The second-order valence-electron chi connectivity index (χ2n) is 7.56. The van der Waals surface area contributed by atoms with E-state index in [4.69, 9.17) is 16.3 Å². The average molecular weight is 487 g/mol. The third-order valence-corrected chi connectivity index (χ3v) is 7.19. The van der Waals surface area contributed by atoms with Gasteiger partial charge in [0.05, 0.1) is 17.7 Å². The Morgan fingerprint density at radius 3 is 2.39 bits per heavy atom. The predicted molar refractivity (Wildman–Crippen MR) is 131 cm³/mol. The molecule has 0 aliphatic rings. The Labute approximate surface area is 200 Å². The molecule has 0 atom stereocenters. The van der Waals surface area contributed by atoms with Gasteiger partial charge in [-0.15, -0.1) is 0 Å². The van der Waals surface area contributed by atoms with E-state index >= 15 is 0 Å².